The lowest BCUT2D eigenvalue weighted by Gasteiger charge is -1.88. The third-order valence-electron chi connectivity index (χ3n) is 0.500. The Labute approximate surface area is 49.4 Å². The molecular formula is C5H13NSi. The molecule has 0 unspecified atom stereocenters. The second-order valence-electron chi connectivity index (χ2n) is 1.76. The second kappa shape index (κ2) is 5.71. The molecule has 0 N–H and O–H groups in total. The summed E-state index contributed by atoms with van der Waals surface area (Å²) in [5, 5.41) is 7.99. The third kappa shape index (κ3) is 10.7. The zero-order chi connectivity index (χ0) is 4.99. The molecule has 42 valence electrons. The van der Waals surface area contributed by atoms with Crippen LogP contribution in [-0.2, 0) is 0 Å². The van der Waals surface area contributed by atoms with E-state index in [0.717, 1.165) is 0 Å². The number of hydrogen-bond donors (Lipinski definition) is 0. The van der Waals surface area contributed by atoms with Gasteiger partial charge in [-0.05, 0) is 16.9 Å². The van der Waals surface area contributed by atoms with E-state index in [1.165, 1.54) is 0 Å². The average Bonchev–Trinajstić information content (AvgIpc) is 1.35. The molecule has 0 spiro atoms. The maximum absolute atomic E-state index is 7.99. The van der Waals surface area contributed by atoms with E-state index in [-0.39, 0.29) is 11.0 Å². The third-order valence-corrected chi connectivity index (χ3v) is 0.500. The first-order valence-electron chi connectivity index (χ1n) is 2.14. The summed E-state index contributed by atoms with van der Waals surface area (Å²) in [6, 6.07) is 2.07. The van der Waals surface area contributed by atoms with Crippen LogP contribution in [0, 0.1) is 17.2 Å². The SMILES string of the molecule is CC(C)CC#N.[SiH4]. The topological polar surface area (TPSA) is 23.8 Å². The van der Waals surface area contributed by atoms with Crippen molar-refractivity contribution in [2.24, 2.45) is 5.92 Å². The molecule has 0 heterocycles. The Morgan fingerprint density at radius 2 is 2.00 bits per heavy atom. The summed E-state index contributed by atoms with van der Waals surface area (Å²) in [4.78, 5) is 0. The van der Waals surface area contributed by atoms with Crippen molar-refractivity contribution in [3.05, 3.63) is 0 Å². The molecule has 0 bridgehead atoms. The first kappa shape index (κ1) is 9.86. The van der Waals surface area contributed by atoms with E-state index in [9.17, 15) is 0 Å². The van der Waals surface area contributed by atoms with Crippen LogP contribution in [0.3, 0.4) is 0 Å². The van der Waals surface area contributed by atoms with Gasteiger partial charge in [0.2, 0.25) is 0 Å². The van der Waals surface area contributed by atoms with Gasteiger partial charge in [0.05, 0.1) is 6.07 Å². The zero-order valence-corrected chi connectivity index (χ0v) is 4.23. The molecule has 0 aromatic carbocycles. The Bertz CT molecular complexity index is 63.0. The second-order valence-corrected chi connectivity index (χ2v) is 1.76. The van der Waals surface area contributed by atoms with Gasteiger partial charge in [-0.15, -0.1) is 0 Å². The van der Waals surface area contributed by atoms with Gasteiger partial charge in [0.25, 0.3) is 0 Å². The molecule has 0 rings (SSSR count). The van der Waals surface area contributed by atoms with Gasteiger partial charge >= 0.3 is 0 Å². The molecule has 0 amide bonds. The Balaban J connectivity index is 0. The number of hydrogen-bond acceptors (Lipinski definition) is 1. The van der Waals surface area contributed by atoms with Crippen molar-refractivity contribution >= 4 is 11.0 Å². The predicted molar refractivity (Wildman–Crippen MR) is 36.4 cm³/mol. The minimum absolute atomic E-state index is 0. The van der Waals surface area contributed by atoms with Crippen molar-refractivity contribution in [3.8, 4) is 6.07 Å². The summed E-state index contributed by atoms with van der Waals surface area (Å²) < 4.78 is 0. The van der Waals surface area contributed by atoms with E-state index in [2.05, 4.69) is 6.07 Å². The predicted octanol–water partition coefficient (Wildman–Crippen LogP) is 0.104. The first-order valence-corrected chi connectivity index (χ1v) is 2.14. The van der Waals surface area contributed by atoms with Crippen molar-refractivity contribution in [1.29, 1.82) is 5.26 Å². The largest absolute Gasteiger partial charge is 0.198 e. The van der Waals surface area contributed by atoms with Gasteiger partial charge in [-0.2, -0.15) is 5.26 Å². The van der Waals surface area contributed by atoms with Crippen molar-refractivity contribution in [2.45, 2.75) is 20.3 Å². The molecule has 1 nitrogen and oxygen atoms in total. The van der Waals surface area contributed by atoms with E-state index in [1.54, 1.807) is 0 Å². The highest BCUT2D eigenvalue weighted by Gasteiger charge is 1.85. The summed E-state index contributed by atoms with van der Waals surface area (Å²) in [6.45, 7) is 4.06. The molecule has 0 radical (unpaired) electrons. The minimum atomic E-state index is 0. The molecule has 0 fully saturated rings. The van der Waals surface area contributed by atoms with Crippen molar-refractivity contribution in [3.63, 3.8) is 0 Å². The lowest BCUT2D eigenvalue weighted by Crippen LogP contribution is -1.79. The van der Waals surface area contributed by atoms with Gasteiger partial charge in [-0.3, -0.25) is 0 Å². The van der Waals surface area contributed by atoms with Gasteiger partial charge in [-0.1, -0.05) is 13.8 Å². The molecule has 0 aliphatic rings. The Kier molecular flexibility index (Phi) is 8.04. The van der Waals surface area contributed by atoms with Gasteiger partial charge in [0, 0.05) is 6.42 Å². The molecule has 2 heteroatoms. The summed E-state index contributed by atoms with van der Waals surface area (Å²) >= 11 is 0. The molecule has 0 aromatic heterocycles. The van der Waals surface area contributed by atoms with Crippen LogP contribution in [0.2, 0.25) is 0 Å². The van der Waals surface area contributed by atoms with Crippen LogP contribution in [0.15, 0.2) is 0 Å². The van der Waals surface area contributed by atoms with Crippen molar-refractivity contribution < 1.29 is 0 Å². The van der Waals surface area contributed by atoms with Gasteiger partial charge < -0.3 is 0 Å². The summed E-state index contributed by atoms with van der Waals surface area (Å²) in [5.74, 6) is 0.537. The molecule has 0 aromatic rings. The van der Waals surface area contributed by atoms with Crippen LogP contribution in [-0.4, -0.2) is 11.0 Å². The standard InChI is InChI=1S/C5H9N.H4Si/c1-5(2)3-4-6;/h5H,3H2,1-2H3;1H4. The fraction of sp³-hybridized carbons (Fsp3) is 0.800. The lowest BCUT2D eigenvalue weighted by molar-refractivity contribution is 0.671. The highest BCUT2D eigenvalue weighted by molar-refractivity contribution is 5.75. The highest BCUT2D eigenvalue weighted by Crippen LogP contribution is 1.94. The molecule has 0 saturated heterocycles. The summed E-state index contributed by atoms with van der Waals surface area (Å²) in [7, 11) is 0. The van der Waals surface area contributed by atoms with Gasteiger partial charge in [-0.25, -0.2) is 0 Å². The van der Waals surface area contributed by atoms with Crippen LogP contribution in [0.5, 0.6) is 0 Å². The van der Waals surface area contributed by atoms with Gasteiger partial charge in [0.1, 0.15) is 0 Å². The van der Waals surface area contributed by atoms with Crippen LogP contribution in [0.1, 0.15) is 20.3 Å². The first-order chi connectivity index (χ1) is 2.77. The maximum atomic E-state index is 7.99. The average molecular weight is 115 g/mol. The quantitative estimate of drug-likeness (QED) is 0.445. The monoisotopic (exact) mass is 115 g/mol. The molecule has 0 aliphatic heterocycles. The van der Waals surface area contributed by atoms with Crippen LogP contribution >= 0.6 is 0 Å². The summed E-state index contributed by atoms with van der Waals surface area (Å²) in [6.07, 6.45) is 0.681. The van der Waals surface area contributed by atoms with Crippen LogP contribution in [0.4, 0.5) is 0 Å². The zero-order valence-electron chi connectivity index (χ0n) is 4.23. The number of rotatable bonds is 1. The smallest absolute Gasteiger partial charge is 0.0624 e. The fourth-order valence-corrected chi connectivity index (χ4v) is 0.183. The lowest BCUT2D eigenvalue weighted by atomic mass is 10.2. The number of nitriles is 1. The molecule has 7 heavy (non-hydrogen) atoms. The normalized spacial score (nSPS) is 7.14. The van der Waals surface area contributed by atoms with Crippen LogP contribution < -0.4 is 0 Å². The number of nitrogens with zero attached hydrogens (tertiary/aromatic N) is 1. The van der Waals surface area contributed by atoms with Crippen LogP contribution in [0.25, 0.3) is 0 Å². The highest BCUT2D eigenvalue weighted by atomic mass is 28.1. The van der Waals surface area contributed by atoms with Crippen molar-refractivity contribution in [1.82, 2.24) is 0 Å². The molecule has 0 aliphatic carbocycles. The Morgan fingerprint density at radius 3 is 2.00 bits per heavy atom. The van der Waals surface area contributed by atoms with E-state index in [0.29, 0.717) is 12.3 Å². The summed E-state index contributed by atoms with van der Waals surface area (Å²) in [5.41, 5.74) is 0. The maximum Gasteiger partial charge on any atom is 0.0624 e. The van der Waals surface area contributed by atoms with E-state index in [4.69, 9.17) is 5.26 Å². The van der Waals surface area contributed by atoms with Gasteiger partial charge in [0.15, 0.2) is 0 Å². The molecule has 0 saturated carbocycles. The van der Waals surface area contributed by atoms with Crippen molar-refractivity contribution in [2.75, 3.05) is 0 Å². The molecular weight excluding hydrogens is 102 g/mol. The van der Waals surface area contributed by atoms with E-state index < -0.39 is 0 Å². The molecule has 0 atom stereocenters. The Morgan fingerprint density at radius 1 is 1.57 bits per heavy atom. The van der Waals surface area contributed by atoms with E-state index >= 15 is 0 Å². The Hall–Kier alpha value is -0.293. The minimum Gasteiger partial charge on any atom is -0.198 e. The van der Waals surface area contributed by atoms with E-state index in [1.807, 2.05) is 13.8 Å². The fourth-order valence-electron chi connectivity index (χ4n) is 0.183.